The first kappa shape index (κ1) is 21.1. The number of aliphatic hydroxyl groups is 1. The van der Waals surface area contributed by atoms with Crippen molar-refractivity contribution in [3.63, 3.8) is 0 Å². The second-order valence-electron chi connectivity index (χ2n) is 6.44. The normalized spacial score (nSPS) is 17.5. The third-order valence-electron chi connectivity index (χ3n) is 4.63. The molecule has 0 aromatic heterocycles. The topological polar surface area (TPSA) is 181 Å². The highest BCUT2D eigenvalue weighted by molar-refractivity contribution is 6.47. The van der Waals surface area contributed by atoms with Crippen molar-refractivity contribution in [2.75, 3.05) is 6.54 Å². The standard InChI is InChI=1S/C19H13N3O9/c23-14(24)9-20-16(12-3-1-2-4-13(12)22(30)31)15(18(26)19(20)27)17(25)10-5-7-11(8-6-10)21(28)29/h1-8,16,25H,9H2,(H,23,24). The number of carboxylic acid groups (broad SMARTS) is 1. The highest BCUT2D eigenvalue weighted by Crippen LogP contribution is 2.42. The first-order chi connectivity index (χ1) is 14.6. The maximum atomic E-state index is 12.7. The van der Waals surface area contributed by atoms with Crippen LogP contribution in [0.15, 0.2) is 54.1 Å². The van der Waals surface area contributed by atoms with Crippen LogP contribution in [0.25, 0.3) is 5.76 Å². The number of ketones is 1. The van der Waals surface area contributed by atoms with Gasteiger partial charge < -0.3 is 15.1 Å². The molecular formula is C19H13N3O9. The van der Waals surface area contributed by atoms with Crippen LogP contribution in [-0.2, 0) is 14.4 Å². The van der Waals surface area contributed by atoms with Gasteiger partial charge >= 0.3 is 5.97 Å². The van der Waals surface area contributed by atoms with Crippen LogP contribution in [0.4, 0.5) is 11.4 Å². The monoisotopic (exact) mass is 427 g/mol. The third kappa shape index (κ3) is 3.81. The molecule has 0 aliphatic carbocycles. The summed E-state index contributed by atoms with van der Waals surface area (Å²) in [6, 6.07) is 7.94. The predicted octanol–water partition coefficient (Wildman–Crippen LogP) is 2.01. The van der Waals surface area contributed by atoms with Gasteiger partial charge in [-0.25, -0.2) is 0 Å². The Bertz CT molecular complexity index is 1150. The molecule has 0 saturated carbocycles. The van der Waals surface area contributed by atoms with Gasteiger partial charge in [-0.15, -0.1) is 0 Å². The van der Waals surface area contributed by atoms with E-state index in [1.807, 2.05) is 0 Å². The van der Waals surface area contributed by atoms with E-state index in [2.05, 4.69) is 0 Å². The highest BCUT2D eigenvalue weighted by atomic mass is 16.6. The number of amides is 1. The Morgan fingerprint density at radius 1 is 0.968 bits per heavy atom. The molecule has 0 radical (unpaired) electrons. The van der Waals surface area contributed by atoms with E-state index in [0.717, 1.165) is 30.3 Å². The second kappa shape index (κ2) is 8.02. The van der Waals surface area contributed by atoms with Crippen molar-refractivity contribution in [2.45, 2.75) is 6.04 Å². The summed E-state index contributed by atoms with van der Waals surface area (Å²) < 4.78 is 0. The number of nitro benzene ring substituents is 2. The van der Waals surface area contributed by atoms with E-state index in [1.54, 1.807) is 0 Å². The maximum Gasteiger partial charge on any atom is 0.323 e. The second-order valence-corrected chi connectivity index (χ2v) is 6.44. The third-order valence-corrected chi connectivity index (χ3v) is 4.63. The molecule has 31 heavy (non-hydrogen) atoms. The lowest BCUT2D eigenvalue weighted by atomic mass is 9.94. The zero-order chi connectivity index (χ0) is 22.9. The Labute approximate surface area is 172 Å². The summed E-state index contributed by atoms with van der Waals surface area (Å²) in [5, 5.41) is 42.2. The van der Waals surface area contributed by atoms with Crippen molar-refractivity contribution in [3.8, 4) is 0 Å². The van der Waals surface area contributed by atoms with Gasteiger partial charge in [0, 0.05) is 23.8 Å². The summed E-state index contributed by atoms with van der Waals surface area (Å²) >= 11 is 0. The lowest BCUT2D eigenvalue weighted by Gasteiger charge is -2.23. The summed E-state index contributed by atoms with van der Waals surface area (Å²) in [4.78, 5) is 57.9. The Kier molecular flexibility index (Phi) is 5.46. The minimum absolute atomic E-state index is 0.0671. The van der Waals surface area contributed by atoms with Gasteiger partial charge in [0.1, 0.15) is 12.3 Å². The average Bonchev–Trinajstić information content (AvgIpc) is 2.97. The van der Waals surface area contributed by atoms with Crippen LogP contribution >= 0.6 is 0 Å². The molecule has 12 heteroatoms. The minimum Gasteiger partial charge on any atom is -0.507 e. The number of carbonyl (C=O) groups is 3. The number of aliphatic hydroxyl groups excluding tert-OH is 1. The zero-order valence-electron chi connectivity index (χ0n) is 15.5. The SMILES string of the molecule is O=C(O)CN1C(=O)C(=O)C(=C(O)c2ccc([N+](=O)[O-])cc2)C1c1ccccc1[N+](=O)[O-]. The van der Waals surface area contributed by atoms with Crippen LogP contribution in [0.3, 0.4) is 0 Å². The van der Waals surface area contributed by atoms with Gasteiger partial charge in [0.25, 0.3) is 23.1 Å². The van der Waals surface area contributed by atoms with E-state index in [4.69, 9.17) is 5.11 Å². The summed E-state index contributed by atoms with van der Waals surface area (Å²) in [7, 11) is 0. The fourth-order valence-electron chi connectivity index (χ4n) is 3.29. The number of aliphatic carboxylic acids is 1. The Balaban J connectivity index is 2.25. The molecule has 1 heterocycles. The summed E-state index contributed by atoms with van der Waals surface area (Å²) in [5.41, 5.74) is -1.58. The van der Waals surface area contributed by atoms with E-state index in [9.17, 15) is 39.7 Å². The predicted molar refractivity (Wildman–Crippen MR) is 103 cm³/mol. The number of Topliss-reactive ketones (excluding diaryl/α,β-unsaturated/α-hetero) is 1. The van der Waals surface area contributed by atoms with Crippen LogP contribution in [-0.4, -0.2) is 49.2 Å². The Morgan fingerprint density at radius 3 is 2.13 bits per heavy atom. The minimum atomic E-state index is -1.55. The van der Waals surface area contributed by atoms with Crippen molar-refractivity contribution in [2.24, 2.45) is 0 Å². The molecule has 1 atom stereocenters. The van der Waals surface area contributed by atoms with Gasteiger partial charge in [0.15, 0.2) is 0 Å². The number of para-hydroxylation sites is 1. The number of likely N-dealkylation sites (tertiary alicyclic amines) is 1. The van der Waals surface area contributed by atoms with E-state index in [-0.39, 0.29) is 16.8 Å². The number of benzene rings is 2. The molecule has 3 rings (SSSR count). The van der Waals surface area contributed by atoms with Gasteiger partial charge in [-0.05, 0) is 18.2 Å². The molecule has 1 fully saturated rings. The van der Waals surface area contributed by atoms with Crippen molar-refractivity contribution < 1.29 is 34.4 Å². The fourth-order valence-corrected chi connectivity index (χ4v) is 3.29. The molecule has 1 aliphatic rings. The molecule has 0 bridgehead atoms. The van der Waals surface area contributed by atoms with Gasteiger partial charge in [-0.1, -0.05) is 12.1 Å². The molecule has 158 valence electrons. The smallest absolute Gasteiger partial charge is 0.323 e. The van der Waals surface area contributed by atoms with E-state index < -0.39 is 57.1 Å². The number of carbonyl (C=O) groups excluding carboxylic acids is 2. The van der Waals surface area contributed by atoms with Gasteiger partial charge in [-0.3, -0.25) is 34.6 Å². The van der Waals surface area contributed by atoms with Crippen molar-refractivity contribution >= 4 is 34.8 Å². The van der Waals surface area contributed by atoms with Crippen molar-refractivity contribution in [1.82, 2.24) is 4.90 Å². The van der Waals surface area contributed by atoms with Crippen LogP contribution in [0, 0.1) is 20.2 Å². The summed E-state index contributed by atoms with van der Waals surface area (Å²) in [6.07, 6.45) is 0. The highest BCUT2D eigenvalue weighted by Gasteiger charge is 2.48. The molecule has 2 N–H and O–H groups in total. The molecule has 1 unspecified atom stereocenters. The van der Waals surface area contributed by atoms with E-state index in [0.29, 0.717) is 4.90 Å². The molecule has 2 aromatic carbocycles. The maximum absolute atomic E-state index is 12.7. The fraction of sp³-hybridized carbons (Fsp3) is 0.105. The first-order valence-corrected chi connectivity index (χ1v) is 8.61. The molecule has 2 aromatic rings. The van der Waals surface area contributed by atoms with Crippen molar-refractivity contribution in [3.05, 3.63) is 85.5 Å². The zero-order valence-corrected chi connectivity index (χ0v) is 15.5. The molecule has 1 aliphatic heterocycles. The van der Waals surface area contributed by atoms with E-state index >= 15 is 0 Å². The number of carboxylic acids is 1. The number of nitro groups is 2. The first-order valence-electron chi connectivity index (χ1n) is 8.61. The number of hydrogen-bond acceptors (Lipinski definition) is 8. The van der Waals surface area contributed by atoms with Crippen LogP contribution in [0.2, 0.25) is 0 Å². The molecular weight excluding hydrogens is 414 g/mol. The largest absolute Gasteiger partial charge is 0.507 e. The summed E-state index contributed by atoms with van der Waals surface area (Å²) in [5.74, 6) is -4.71. The van der Waals surface area contributed by atoms with Crippen molar-refractivity contribution in [1.29, 1.82) is 0 Å². The quantitative estimate of drug-likeness (QED) is 0.229. The van der Waals surface area contributed by atoms with Gasteiger partial charge in [0.05, 0.1) is 27.0 Å². The average molecular weight is 427 g/mol. The lowest BCUT2D eigenvalue weighted by molar-refractivity contribution is -0.385. The number of hydrogen-bond donors (Lipinski definition) is 2. The van der Waals surface area contributed by atoms with Gasteiger partial charge in [0.2, 0.25) is 0 Å². The summed E-state index contributed by atoms with van der Waals surface area (Å²) in [6.45, 7) is -0.946. The number of rotatable bonds is 6. The van der Waals surface area contributed by atoms with E-state index in [1.165, 1.54) is 18.2 Å². The Hall–Kier alpha value is -4.61. The van der Waals surface area contributed by atoms with Gasteiger partial charge in [-0.2, -0.15) is 0 Å². The van der Waals surface area contributed by atoms with Crippen LogP contribution in [0.5, 0.6) is 0 Å². The lowest BCUT2D eigenvalue weighted by Crippen LogP contribution is -2.34. The molecule has 12 nitrogen and oxygen atoms in total. The van der Waals surface area contributed by atoms with Crippen LogP contribution in [0.1, 0.15) is 17.2 Å². The molecule has 1 amide bonds. The number of nitrogens with zero attached hydrogens (tertiary/aromatic N) is 3. The number of non-ortho nitro benzene ring substituents is 1. The Morgan fingerprint density at radius 2 is 1.58 bits per heavy atom. The molecule has 0 spiro atoms. The molecule has 1 saturated heterocycles. The van der Waals surface area contributed by atoms with Crippen LogP contribution < -0.4 is 0 Å².